The van der Waals surface area contributed by atoms with Gasteiger partial charge in [-0.1, -0.05) is 42.5 Å². The molecule has 2 aliphatic rings. The van der Waals surface area contributed by atoms with Crippen LogP contribution in [0, 0.1) is 11.8 Å². The van der Waals surface area contributed by atoms with Crippen molar-refractivity contribution in [3.8, 4) is 5.75 Å². The number of carbonyl (C=O) groups excluding carboxylic acids is 4. The van der Waals surface area contributed by atoms with Gasteiger partial charge in [-0.2, -0.15) is 0 Å². The second kappa shape index (κ2) is 15.3. The molecule has 0 bridgehead atoms. The number of epoxide rings is 1. The maximum Gasteiger partial charge on any atom is 0.234 e. The number of Topliss-reactive ketones (excluding diaryl/α,β-unsaturated/α-hetero) is 3. The molecule has 0 spiro atoms. The molecule has 2 fully saturated rings. The summed E-state index contributed by atoms with van der Waals surface area (Å²) in [7, 11) is 0. The Morgan fingerprint density at radius 1 is 0.889 bits per heavy atom. The molecule has 0 aliphatic carbocycles. The molecule has 1 N–H and O–H groups in total. The maximum absolute atomic E-state index is 14.0. The van der Waals surface area contributed by atoms with Crippen molar-refractivity contribution in [1.29, 1.82) is 0 Å². The first kappa shape index (κ1) is 34.5. The van der Waals surface area contributed by atoms with E-state index in [-0.39, 0.29) is 48.2 Å². The first-order valence-corrected chi connectivity index (χ1v) is 16.0. The van der Waals surface area contributed by atoms with Crippen LogP contribution in [0.3, 0.4) is 0 Å². The first-order valence-electron chi connectivity index (χ1n) is 16.0. The quantitative estimate of drug-likeness (QED) is 0.280. The molecule has 1 amide bonds. The van der Waals surface area contributed by atoms with Crippen LogP contribution < -0.4 is 10.1 Å². The molecule has 2 aromatic rings. The van der Waals surface area contributed by atoms with E-state index in [1.807, 2.05) is 80.3 Å². The standard InChI is InChI=1S/C36H48N2O7/c1-25(37-33(41)23-38-15-17-43-18-16-38)31(39)21-28(19-27-11-13-30(14-12-27)45-35(2,3)4)32(40)22-29(34(42)36(5)24-44-36)20-26-9-7-6-8-10-26/h6-14,25,28-29H,15-24H2,1-5H3,(H,37,41)/t25-,28+,29+,36?/m0/s1. The zero-order valence-electron chi connectivity index (χ0n) is 27.3. The Kier molecular flexibility index (Phi) is 11.7. The Bertz CT molecular complexity index is 1310. The van der Waals surface area contributed by atoms with Gasteiger partial charge in [-0.05, 0) is 70.7 Å². The van der Waals surface area contributed by atoms with Crippen LogP contribution in [-0.2, 0) is 41.5 Å². The summed E-state index contributed by atoms with van der Waals surface area (Å²) in [4.78, 5) is 55.7. The van der Waals surface area contributed by atoms with Crippen LogP contribution in [0.25, 0.3) is 0 Å². The van der Waals surface area contributed by atoms with Gasteiger partial charge in [0.25, 0.3) is 0 Å². The van der Waals surface area contributed by atoms with Crippen molar-refractivity contribution in [2.24, 2.45) is 11.8 Å². The van der Waals surface area contributed by atoms with Crippen LogP contribution in [0.15, 0.2) is 54.6 Å². The van der Waals surface area contributed by atoms with Crippen LogP contribution in [0.1, 0.15) is 58.6 Å². The number of rotatable bonds is 16. The highest BCUT2D eigenvalue weighted by Gasteiger charge is 2.50. The second-order valence-corrected chi connectivity index (χ2v) is 13.5. The number of morpholine rings is 1. The van der Waals surface area contributed by atoms with Gasteiger partial charge in [-0.25, -0.2) is 0 Å². The summed E-state index contributed by atoms with van der Waals surface area (Å²) in [6.45, 7) is 12.4. The van der Waals surface area contributed by atoms with E-state index < -0.39 is 23.5 Å². The van der Waals surface area contributed by atoms with Gasteiger partial charge in [0.2, 0.25) is 5.91 Å². The zero-order chi connectivity index (χ0) is 32.6. The Balaban J connectivity index is 1.48. The third-order valence-electron chi connectivity index (χ3n) is 8.31. The summed E-state index contributed by atoms with van der Waals surface area (Å²) < 4.78 is 16.8. The van der Waals surface area contributed by atoms with E-state index in [2.05, 4.69) is 5.32 Å². The molecule has 244 valence electrons. The number of hydrogen-bond donors (Lipinski definition) is 1. The number of amides is 1. The number of hydrogen-bond acceptors (Lipinski definition) is 8. The van der Waals surface area contributed by atoms with E-state index in [1.165, 1.54) is 0 Å². The molecule has 2 aromatic carbocycles. The first-order chi connectivity index (χ1) is 21.3. The average molecular weight is 621 g/mol. The molecule has 0 aromatic heterocycles. The van der Waals surface area contributed by atoms with Crippen LogP contribution in [0.5, 0.6) is 5.75 Å². The number of carbonyl (C=O) groups is 4. The highest BCUT2D eigenvalue weighted by atomic mass is 16.6. The summed E-state index contributed by atoms with van der Waals surface area (Å²) in [6.07, 6.45) is 0.707. The van der Waals surface area contributed by atoms with E-state index in [0.717, 1.165) is 11.1 Å². The average Bonchev–Trinajstić information content (AvgIpc) is 3.75. The van der Waals surface area contributed by atoms with E-state index in [0.29, 0.717) is 51.5 Å². The van der Waals surface area contributed by atoms with Crippen LogP contribution in [-0.4, -0.2) is 84.9 Å². The lowest BCUT2D eigenvalue weighted by Gasteiger charge is -2.26. The molecule has 0 radical (unpaired) electrons. The van der Waals surface area contributed by atoms with E-state index in [9.17, 15) is 19.2 Å². The van der Waals surface area contributed by atoms with Crippen molar-refractivity contribution in [3.05, 3.63) is 65.7 Å². The van der Waals surface area contributed by atoms with Gasteiger partial charge in [0.15, 0.2) is 11.6 Å². The highest BCUT2D eigenvalue weighted by Crippen LogP contribution is 2.33. The van der Waals surface area contributed by atoms with Crippen molar-refractivity contribution in [2.45, 2.75) is 77.5 Å². The minimum Gasteiger partial charge on any atom is -0.488 e. The normalized spacial score (nSPS) is 20.5. The fourth-order valence-electron chi connectivity index (χ4n) is 5.63. The molecule has 4 rings (SSSR count). The Labute approximate surface area is 267 Å². The van der Waals surface area contributed by atoms with Crippen molar-refractivity contribution >= 4 is 23.3 Å². The summed E-state index contributed by atoms with van der Waals surface area (Å²) in [5, 5.41) is 2.81. The van der Waals surface area contributed by atoms with Crippen molar-refractivity contribution in [2.75, 3.05) is 39.5 Å². The molecular weight excluding hydrogens is 572 g/mol. The third-order valence-corrected chi connectivity index (χ3v) is 8.31. The summed E-state index contributed by atoms with van der Waals surface area (Å²) in [6, 6.07) is 16.4. The van der Waals surface area contributed by atoms with Gasteiger partial charge < -0.3 is 19.5 Å². The Morgan fingerprint density at radius 2 is 1.47 bits per heavy atom. The lowest BCUT2D eigenvalue weighted by Crippen LogP contribution is -2.47. The molecule has 9 nitrogen and oxygen atoms in total. The van der Waals surface area contributed by atoms with Crippen LogP contribution >= 0.6 is 0 Å². The molecule has 4 atom stereocenters. The van der Waals surface area contributed by atoms with Crippen molar-refractivity contribution in [3.63, 3.8) is 0 Å². The van der Waals surface area contributed by atoms with E-state index >= 15 is 0 Å². The van der Waals surface area contributed by atoms with E-state index in [4.69, 9.17) is 14.2 Å². The molecule has 0 saturated carbocycles. The summed E-state index contributed by atoms with van der Waals surface area (Å²) >= 11 is 0. The minimum absolute atomic E-state index is 0.00755. The predicted molar refractivity (Wildman–Crippen MR) is 171 cm³/mol. The fourth-order valence-corrected chi connectivity index (χ4v) is 5.63. The third kappa shape index (κ3) is 10.9. The fraction of sp³-hybridized carbons (Fsp3) is 0.556. The van der Waals surface area contributed by atoms with E-state index in [1.54, 1.807) is 13.8 Å². The van der Waals surface area contributed by atoms with Gasteiger partial charge >= 0.3 is 0 Å². The SMILES string of the molecule is C[C@H](NC(=O)CN1CCOCC1)C(=O)C[C@@H](Cc1ccc(OC(C)(C)C)cc1)C(=O)C[C@@H](Cc1ccccc1)C(=O)C1(C)CO1. The van der Waals surface area contributed by atoms with Gasteiger partial charge in [0.1, 0.15) is 22.7 Å². The number of benzene rings is 2. The number of nitrogens with zero attached hydrogens (tertiary/aromatic N) is 1. The smallest absolute Gasteiger partial charge is 0.234 e. The number of ketones is 3. The molecule has 9 heteroatoms. The molecular formula is C36H48N2O7. The maximum atomic E-state index is 14.0. The zero-order valence-corrected chi connectivity index (χ0v) is 27.3. The second-order valence-electron chi connectivity index (χ2n) is 13.5. The molecule has 2 heterocycles. The Hall–Kier alpha value is -3.40. The highest BCUT2D eigenvalue weighted by molar-refractivity contribution is 5.97. The summed E-state index contributed by atoms with van der Waals surface area (Å²) in [5.74, 6) is -1.21. The molecule has 1 unspecified atom stereocenters. The summed E-state index contributed by atoms with van der Waals surface area (Å²) in [5.41, 5.74) is 0.630. The van der Waals surface area contributed by atoms with Crippen LogP contribution in [0.2, 0.25) is 0 Å². The lowest BCUT2D eigenvalue weighted by atomic mass is 9.80. The van der Waals surface area contributed by atoms with Gasteiger partial charge in [-0.3, -0.25) is 24.1 Å². The monoisotopic (exact) mass is 620 g/mol. The van der Waals surface area contributed by atoms with Gasteiger partial charge in [0.05, 0.1) is 32.4 Å². The van der Waals surface area contributed by atoms with Crippen LogP contribution in [0.4, 0.5) is 0 Å². The molecule has 2 saturated heterocycles. The largest absolute Gasteiger partial charge is 0.488 e. The molecule has 2 aliphatic heterocycles. The van der Waals surface area contributed by atoms with Gasteiger partial charge in [-0.15, -0.1) is 0 Å². The number of nitrogens with one attached hydrogen (secondary N) is 1. The topological polar surface area (TPSA) is 115 Å². The molecule has 45 heavy (non-hydrogen) atoms. The van der Waals surface area contributed by atoms with Crippen molar-refractivity contribution in [1.82, 2.24) is 10.2 Å². The van der Waals surface area contributed by atoms with Crippen molar-refractivity contribution < 1.29 is 33.4 Å². The minimum atomic E-state index is -0.868. The number of ether oxygens (including phenoxy) is 3. The lowest BCUT2D eigenvalue weighted by molar-refractivity contribution is -0.134. The predicted octanol–water partition coefficient (Wildman–Crippen LogP) is 3.99. The Morgan fingerprint density at radius 3 is 2.07 bits per heavy atom. The van der Waals surface area contributed by atoms with Gasteiger partial charge in [0, 0.05) is 37.8 Å².